The Morgan fingerprint density at radius 2 is 1.83 bits per heavy atom. The summed E-state index contributed by atoms with van der Waals surface area (Å²) in [5.74, 6) is -3.67. The van der Waals surface area contributed by atoms with Crippen LogP contribution in [0.15, 0.2) is 42.7 Å². The van der Waals surface area contributed by atoms with Gasteiger partial charge in [0, 0.05) is 48.9 Å². The molecule has 2 N–H and O–H groups in total. The second-order valence-electron chi connectivity index (χ2n) is 12.6. The Morgan fingerprint density at radius 3 is 2.46 bits per heavy atom. The van der Waals surface area contributed by atoms with Gasteiger partial charge < -0.3 is 10.4 Å². The van der Waals surface area contributed by atoms with Gasteiger partial charge >= 0.3 is 0 Å². The number of aryl methyl sites for hydroxylation is 1. The summed E-state index contributed by atoms with van der Waals surface area (Å²) < 4.78 is 27.8. The van der Waals surface area contributed by atoms with Gasteiger partial charge in [-0.25, -0.2) is 8.78 Å². The molecule has 3 atom stereocenters. The van der Waals surface area contributed by atoms with Crippen molar-refractivity contribution in [2.24, 2.45) is 0 Å². The number of aliphatic hydroxyl groups is 1. The molecule has 218 valence electrons. The molecule has 41 heavy (non-hydrogen) atoms. The fraction of sp³-hybridized carbons (Fsp3) is 0.548. The summed E-state index contributed by atoms with van der Waals surface area (Å²) in [6.07, 6.45) is 4.90. The number of halogens is 2. The number of hydrogen-bond donors (Lipinski definition) is 2. The number of rotatable bonds is 5. The fourth-order valence-electron chi connectivity index (χ4n) is 6.48. The Balaban J connectivity index is 1.63. The van der Waals surface area contributed by atoms with E-state index in [4.69, 9.17) is 0 Å². The molecule has 2 amide bonds. The van der Waals surface area contributed by atoms with Gasteiger partial charge in [-0.3, -0.25) is 24.4 Å². The predicted octanol–water partition coefficient (Wildman–Crippen LogP) is 4.16. The number of pyridine rings is 1. The summed E-state index contributed by atoms with van der Waals surface area (Å²) in [6, 6.07) is 7.89. The summed E-state index contributed by atoms with van der Waals surface area (Å²) in [5.41, 5.74) is 1.30. The van der Waals surface area contributed by atoms with Crippen LogP contribution in [0.3, 0.4) is 0 Å². The van der Waals surface area contributed by atoms with Gasteiger partial charge in [-0.05, 0) is 60.4 Å². The molecular formula is C31H37F2N5O3. The highest BCUT2D eigenvalue weighted by molar-refractivity contribution is 6.07. The maximum Gasteiger partial charge on any atom is 0.251 e. The summed E-state index contributed by atoms with van der Waals surface area (Å²) in [7, 11) is 0. The number of nitrogens with one attached hydrogen (secondary N) is 1. The zero-order valence-electron chi connectivity index (χ0n) is 23.7. The van der Waals surface area contributed by atoms with Crippen LogP contribution in [0, 0.1) is 11.5 Å². The molecule has 2 aliphatic carbocycles. The largest absolute Gasteiger partial charge is 0.391 e. The number of hydrogen-bond acceptors (Lipinski definition) is 6. The number of alkyl halides is 2. The zero-order valence-corrected chi connectivity index (χ0v) is 23.7. The number of nitrogens with zero attached hydrogens (tertiary/aromatic N) is 4. The van der Waals surface area contributed by atoms with Crippen LogP contribution < -0.4 is 10.2 Å². The summed E-state index contributed by atoms with van der Waals surface area (Å²) in [6.45, 7) is 6.27. The molecule has 1 unspecified atom stereocenters. The molecule has 8 nitrogen and oxygen atoms in total. The third kappa shape index (κ3) is 5.40. The SMILES string of the molecule is CC(C)(C)c1ccc(N(C(=O)[C@H]2C[C@@H](O)CN2C#N)C2(C(=O)NC3CCC(F)(F)CC3)CCc3ccncc32)cc1. The van der Waals surface area contributed by atoms with E-state index >= 15 is 0 Å². The standard InChI is InChI=1S/C31H37F2N5O3/c1-29(2,3)21-4-6-23(7-5-21)38(27(40)26-16-24(39)18-37(26)19-34)31(14-8-20-11-15-35-17-25(20)31)28(41)36-22-9-12-30(32,33)13-10-22/h4-7,11,15,17,22,24,26,39H,8-10,12-14,16,18H2,1-3H3,(H,36,41)/t24-,26-,31?/m1/s1. The number of carbonyl (C=O) groups excluding carboxylic acids is 2. The van der Waals surface area contributed by atoms with Crippen molar-refractivity contribution in [3.63, 3.8) is 0 Å². The summed E-state index contributed by atoms with van der Waals surface area (Å²) in [5, 5.41) is 23.2. The number of benzene rings is 1. The smallest absolute Gasteiger partial charge is 0.251 e. The van der Waals surface area contributed by atoms with Crippen molar-refractivity contribution in [3.05, 3.63) is 59.4 Å². The number of anilines is 1. The number of aliphatic hydroxyl groups excluding tert-OH is 1. The second kappa shape index (κ2) is 10.7. The summed E-state index contributed by atoms with van der Waals surface area (Å²) >= 11 is 0. The molecule has 1 aromatic heterocycles. The number of likely N-dealkylation sites (tertiary alicyclic amines) is 1. The van der Waals surface area contributed by atoms with E-state index in [0.29, 0.717) is 17.7 Å². The molecule has 1 aliphatic heterocycles. The van der Waals surface area contributed by atoms with E-state index in [0.717, 1.165) is 11.1 Å². The lowest BCUT2D eigenvalue weighted by atomic mass is 9.84. The van der Waals surface area contributed by atoms with E-state index in [2.05, 4.69) is 31.1 Å². The molecule has 1 aromatic carbocycles. The molecule has 0 bridgehead atoms. The van der Waals surface area contributed by atoms with Gasteiger partial charge in [0.2, 0.25) is 5.92 Å². The first-order chi connectivity index (χ1) is 19.4. The van der Waals surface area contributed by atoms with Crippen LogP contribution in [0.1, 0.15) is 76.0 Å². The van der Waals surface area contributed by atoms with Gasteiger partial charge in [0.1, 0.15) is 6.04 Å². The van der Waals surface area contributed by atoms with E-state index in [1.807, 2.05) is 36.5 Å². The van der Waals surface area contributed by atoms with Crippen molar-refractivity contribution in [2.45, 2.75) is 101 Å². The maximum absolute atomic E-state index is 14.5. The number of carbonyl (C=O) groups is 2. The molecular weight excluding hydrogens is 528 g/mol. The maximum atomic E-state index is 14.5. The highest BCUT2D eigenvalue weighted by Gasteiger charge is 2.55. The zero-order chi connectivity index (χ0) is 29.6. The average Bonchev–Trinajstić information content (AvgIpc) is 3.51. The molecule has 2 fully saturated rings. The minimum absolute atomic E-state index is 0.0251. The highest BCUT2D eigenvalue weighted by atomic mass is 19.3. The highest BCUT2D eigenvalue weighted by Crippen LogP contribution is 2.46. The second-order valence-corrected chi connectivity index (χ2v) is 12.6. The van der Waals surface area contributed by atoms with Crippen molar-refractivity contribution in [3.8, 4) is 6.19 Å². The van der Waals surface area contributed by atoms with Crippen LogP contribution in [-0.4, -0.2) is 57.5 Å². The van der Waals surface area contributed by atoms with Crippen molar-refractivity contribution in [1.82, 2.24) is 15.2 Å². The monoisotopic (exact) mass is 565 g/mol. The lowest BCUT2D eigenvalue weighted by Crippen LogP contribution is -2.62. The Labute approximate surface area is 239 Å². The van der Waals surface area contributed by atoms with Gasteiger partial charge in [0.25, 0.3) is 11.8 Å². The first kappa shape index (κ1) is 28.9. The topological polar surface area (TPSA) is 110 Å². The number of aromatic nitrogens is 1. The van der Waals surface area contributed by atoms with E-state index in [1.54, 1.807) is 12.4 Å². The fourth-order valence-corrected chi connectivity index (χ4v) is 6.48. The molecule has 3 aliphatic rings. The molecule has 10 heteroatoms. The Morgan fingerprint density at radius 1 is 1.15 bits per heavy atom. The molecule has 1 saturated carbocycles. The Hall–Kier alpha value is -3.58. The van der Waals surface area contributed by atoms with Crippen LogP contribution in [0.25, 0.3) is 0 Å². The molecule has 2 heterocycles. The van der Waals surface area contributed by atoms with E-state index in [-0.39, 0.29) is 50.5 Å². The van der Waals surface area contributed by atoms with E-state index < -0.39 is 41.5 Å². The first-order valence-electron chi connectivity index (χ1n) is 14.3. The van der Waals surface area contributed by atoms with Crippen LogP contribution in [-0.2, 0) is 27.0 Å². The lowest BCUT2D eigenvalue weighted by molar-refractivity contribution is -0.133. The molecule has 2 aromatic rings. The molecule has 0 radical (unpaired) electrons. The van der Waals surface area contributed by atoms with Crippen LogP contribution >= 0.6 is 0 Å². The molecule has 0 spiro atoms. The van der Waals surface area contributed by atoms with Gasteiger partial charge in [0.15, 0.2) is 11.7 Å². The van der Waals surface area contributed by atoms with Crippen LogP contribution in [0.5, 0.6) is 0 Å². The van der Waals surface area contributed by atoms with Gasteiger partial charge in [0.05, 0.1) is 12.6 Å². The Bertz CT molecular complexity index is 1340. The minimum atomic E-state index is -2.75. The van der Waals surface area contributed by atoms with Crippen LogP contribution in [0.2, 0.25) is 0 Å². The third-order valence-electron chi connectivity index (χ3n) is 8.83. The van der Waals surface area contributed by atoms with Gasteiger partial charge in [-0.1, -0.05) is 32.9 Å². The normalized spacial score (nSPS) is 25.8. The molecule has 5 rings (SSSR count). The van der Waals surface area contributed by atoms with Gasteiger partial charge in [-0.15, -0.1) is 0 Å². The number of nitriles is 1. The van der Waals surface area contributed by atoms with Crippen molar-refractivity contribution >= 4 is 17.5 Å². The predicted molar refractivity (Wildman–Crippen MR) is 149 cm³/mol. The quantitative estimate of drug-likeness (QED) is 0.527. The van der Waals surface area contributed by atoms with Crippen molar-refractivity contribution in [1.29, 1.82) is 5.26 Å². The van der Waals surface area contributed by atoms with Crippen molar-refractivity contribution < 1.29 is 23.5 Å². The van der Waals surface area contributed by atoms with Crippen LogP contribution in [0.4, 0.5) is 14.5 Å². The molecule has 1 saturated heterocycles. The average molecular weight is 566 g/mol. The third-order valence-corrected chi connectivity index (χ3v) is 8.83. The lowest BCUT2D eigenvalue weighted by Gasteiger charge is -2.43. The first-order valence-corrected chi connectivity index (χ1v) is 14.3. The van der Waals surface area contributed by atoms with E-state index in [9.17, 15) is 28.7 Å². The Kier molecular flexibility index (Phi) is 7.53. The number of amides is 2. The van der Waals surface area contributed by atoms with Gasteiger partial charge in [-0.2, -0.15) is 5.26 Å². The van der Waals surface area contributed by atoms with Crippen molar-refractivity contribution in [2.75, 3.05) is 11.4 Å². The number of β-amino-alcohol motifs (C(OH)–C–C–N with tert-alkyl or cyclic N) is 1. The number of fused-ring (bicyclic) bond motifs is 1. The minimum Gasteiger partial charge on any atom is -0.391 e. The summed E-state index contributed by atoms with van der Waals surface area (Å²) in [4.78, 5) is 36.1. The van der Waals surface area contributed by atoms with E-state index in [1.165, 1.54) is 9.80 Å².